The predicted octanol–water partition coefficient (Wildman–Crippen LogP) is 2.05. The molecule has 0 aromatic heterocycles. The van der Waals surface area contributed by atoms with E-state index in [2.05, 4.69) is 24.1 Å². The minimum Gasteiger partial charge on any atom is -0.339 e. The first-order valence-electron chi connectivity index (χ1n) is 6.68. The molecule has 100 valence electrons. The molecule has 0 bridgehead atoms. The van der Waals surface area contributed by atoms with Gasteiger partial charge in [0.15, 0.2) is 0 Å². The zero-order valence-corrected chi connectivity index (χ0v) is 11.8. The van der Waals surface area contributed by atoms with Crippen molar-refractivity contribution >= 4 is 18.3 Å². The number of nitrogens with one attached hydrogen (secondary N) is 1. The topological polar surface area (TPSA) is 32.3 Å². The van der Waals surface area contributed by atoms with Gasteiger partial charge in [-0.2, -0.15) is 0 Å². The molecule has 1 amide bonds. The monoisotopic (exact) mass is 260 g/mol. The van der Waals surface area contributed by atoms with E-state index in [4.69, 9.17) is 0 Å². The number of rotatable bonds is 4. The number of hydrogen-bond acceptors (Lipinski definition) is 2. The summed E-state index contributed by atoms with van der Waals surface area (Å²) in [4.78, 5) is 14.1. The van der Waals surface area contributed by atoms with E-state index in [0.29, 0.717) is 24.4 Å². The quantitative estimate of drug-likeness (QED) is 0.839. The van der Waals surface area contributed by atoms with Crippen LogP contribution in [0.5, 0.6) is 0 Å². The molecule has 0 radical (unpaired) electrons. The summed E-state index contributed by atoms with van der Waals surface area (Å²) in [6.45, 7) is 6.96. The summed E-state index contributed by atoms with van der Waals surface area (Å²) in [6, 6.07) is 0.420. The maximum absolute atomic E-state index is 12.0. The summed E-state index contributed by atoms with van der Waals surface area (Å²) >= 11 is 0. The molecule has 1 N–H and O–H groups in total. The lowest BCUT2D eigenvalue weighted by Crippen LogP contribution is -2.49. The van der Waals surface area contributed by atoms with Gasteiger partial charge in [-0.3, -0.25) is 4.79 Å². The van der Waals surface area contributed by atoms with E-state index in [1.54, 1.807) is 0 Å². The third kappa shape index (κ3) is 4.14. The van der Waals surface area contributed by atoms with Crippen molar-refractivity contribution in [3.05, 3.63) is 0 Å². The van der Waals surface area contributed by atoms with Crippen LogP contribution in [0.25, 0.3) is 0 Å². The zero-order valence-electron chi connectivity index (χ0n) is 10.9. The second-order valence-corrected chi connectivity index (χ2v) is 5.52. The van der Waals surface area contributed by atoms with Crippen LogP contribution in [-0.2, 0) is 4.79 Å². The fourth-order valence-electron chi connectivity index (χ4n) is 2.49. The van der Waals surface area contributed by atoms with Crippen molar-refractivity contribution in [3.8, 4) is 0 Å². The molecule has 4 heteroatoms. The largest absolute Gasteiger partial charge is 0.339 e. The molecule has 2 rings (SSSR count). The van der Waals surface area contributed by atoms with Crippen LogP contribution in [0.3, 0.4) is 0 Å². The number of amides is 1. The lowest BCUT2D eigenvalue weighted by molar-refractivity contribution is -0.134. The molecule has 17 heavy (non-hydrogen) atoms. The van der Waals surface area contributed by atoms with E-state index in [0.717, 1.165) is 19.0 Å². The number of halogens is 1. The van der Waals surface area contributed by atoms with Crippen molar-refractivity contribution in [2.75, 3.05) is 19.6 Å². The third-order valence-electron chi connectivity index (χ3n) is 4.10. The molecule has 1 heterocycles. The van der Waals surface area contributed by atoms with Gasteiger partial charge < -0.3 is 10.2 Å². The highest BCUT2D eigenvalue weighted by atomic mass is 35.5. The maximum Gasteiger partial charge on any atom is 0.236 e. The fourth-order valence-corrected chi connectivity index (χ4v) is 2.49. The Morgan fingerprint density at radius 1 is 1.29 bits per heavy atom. The highest BCUT2D eigenvalue weighted by Crippen LogP contribution is 2.27. The normalized spacial score (nSPS) is 28.7. The minimum absolute atomic E-state index is 0. The predicted molar refractivity (Wildman–Crippen MR) is 72.4 cm³/mol. The van der Waals surface area contributed by atoms with Crippen LogP contribution in [0, 0.1) is 11.8 Å². The number of carbonyl (C=O) groups excluding carboxylic acids is 1. The number of hydrogen-bond donors (Lipinski definition) is 1. The van der Waals surface area contributed by atoms with E-state index in [-0.39, 0.29) is 12.4 Å². The molecule has 0 aromatic carbocycles. The van der Waals surface area contributed by atoms with Crippen LogP contribution in [0.15, 0.2) is 0 Å². The lowest BCUT2D eigenvalue weighted by atomic mass is 9.92. The van der Waals surface area contributed by atoms with Crippen LogP contribution in [0.4, 0.5) is 0 Å². The van der Waals surface area contributed by atoms with Gasteiger partial charge >= 0.3 is 0 Å². The van der Waals surface area contributed by atoms with Gasteiger partial charge in [0, 0.05) is 12.6 Å². The lowest BCUT2D eigenvalue weighted by Gasteiger charge is -2.38. The van der Waals surface area contributed by atoms with Crippen LogP contribution in [-0.4, -0.2) is 36.5 Å². The first kappa shape index (κ1) is 14.8. The Hall–Kier alpha value is -0.280. The van der Waals surface area contributed by atoms with Gasteiger partial charge in [-0.15, -0.1) is 12.4 Å². The van der Waals surface area contributed by atoms with Gasteiger partial charge in [0.1, 0.15) is 0 Å². The fraction of sp³-hybridized carbons (Fsp3) is 0.923. The number of carbonyl (C=O) groups is 1. The second kappa shape index (κ2) is 6.60. The highest BCUT2D eigenvalue weighted by Gasteiger charge is 2.28. The Kier molecular flexibility index (Phi) is 5.74. The average Bonchev–Trinajstić information content (AvgIpc) is 3.06. The van der Waals surface area contributed by atoms with E-state index in [9.17, 15) is 4.79 Å². The Morgan fingerprint density at radius 2 is 2.00 bits per heavy atom. The zero-order chi connectivity index (χ0) is 11.5. The molecule has 1 saturated heterocycles. The van der Waals surface area contributed by atoms with E-state index < -0.39 is 0 Å². The molecule has 2 unspecified atom stereocenters. The van der Waals surface area contributed by atoms with Gasteiger partial charge in [-0.25, -0.2) is 0 Å². The van der Waals surface area contributed by atoms with Crippen LogP contribution in [0.1, 0.15) is 39.5 Å². The second-order valence-electron chi connectivity index (χ2n) is 5.52. The molecule has 1 saturated carbocycles. The van der Waals surface area contributed by atoms with Gasteiger partial charge in [0.2, 0.25) is 5.91 Å². The third-order valence-corrected chi connectivity index (χ3v) is 4.10. The molecular formula is C13H25ClN2O. The standard InChI is InChI=1S/C13H24N2O.ClH/c1-10-4-3-7-15(11(10)2)13(16)9-14-8-12-5-6-12;/h10-12,14H,3-9H2,1-2H3;1H. The van der Waals surface area contributed by atoms with Crippen LogP contribution < -0.4 is 5.32 Å². The van der Waals surface area contributed by atoms with Crippen LogP contribution in [0.2, 0.25) is 0 Å². The molecule has 2 aliphatic rings. The Labute approximate surface area is 111 Å². The van der Waals surface area contributed by atoms with E-state index >= 15 is 0 Å². The summed E-state index contributed by atoms with van der Waals surface area (Å²) in [6.07, 6.45) is 5.12. The van der Waals surface area contributed by atoms with Crippen molar-refractivity contribution < 1.29 is 4.79 Å². The number of likely N-dealkylation sites (tertiary alicyclic amines) is 1. The summed E-state index contributed by atoms with van der Waals surface area (Å²) in [5, 5.41) is 3.29. The molecule has 2 atom stereocenters. The van der Waals surface area contributed by atoms with Crippen molar-refractivity contribution in [1.29, 1.82) is 0 Å². The molecular weight excluding hydrogens is 236 g/mol. The van der Waals surface area contributed by atoms with Crippen molar-refractivity contribution in [2.45, 2.75) is 45.6 Å². The van der Waals surface area contributed by atoms with Gasteiger partial charge in [0.05, 0.1) is 6.54 Å². The smallest absolute Gasteiger partial charge is 0.236 e. The van der Waals surface area contributed by atoms with Gasteiger partial charge in [0.25, 0.3) is 0 Å². The van der Waals surface area contributed by atoms with E-state index in [1.165, 1.54) is 25.7 Å². The number of nitrogens with zero attached hydrogens (tertiary/aromatic N) is 1. The maximum atomic E-state index is 12.0. The Balaban J connectivity index is 0.00000144. The molecule has 0 aromatic rings. The molecule has 2 fully saturated rings. The van der Waals surface area contributed by atoms with Crippen molar-refractivity contribution in [1.82, 2.24) is 10.2 Å². The number of piperidine rings is 1. The van der Waals surface area contributed by atoms with Crippen molar-refractivity contribution in [3.63, 3.8) is 0 Å². The van der Waals surface area contributed by atoms with Crippen LogP contribution >= 0.6 is 12.4 Å². The minimum atomic E-state index is 0. The average molecular weight is 261 g/mol. The SMILES string of the molecule is CC1CCCN(C(=O)CNCC2CC2)C1C.Cl. The van der Waals surface area contributed by atoms with Crippen molar-refractivity contribution in [2.24, 2.45) is 11.8 Å². The summed E-state index contributed by atoms with van der Waals surface area (Å²) < 4.78 is 0. The molecule has 0 spiro atoms. The Morgan fingerprint density at radius 3 is 2.65 bits per heavy atom. The molecule has 1 aliphatic heterocycles. The molecule has 3 nitrogen and oxygen atoms in total. The summed E-state index contributed by atoms with van der Waals surface area (Å²) in [7, 11) is 0. The first-order chi connectivity index (χ1) is 7.68. The summed E-state index contributed by atoms with van der Waals surface area (Å²) in [5.74, 6) is 1.80. The van der Waals surface area contributed by atoms with Gasteiger partial charge in [-0.05, 0) is 51.0 Å². The van der Waals surface area contributed by atoms with E-state index in [1.807, 2.05) is 0 Å². The molecule has 1 aliphatic carbocycles. The highest BCUT2D eigenvalue weighted by molar-refractivity contribution is 5.85. The van der Waals surface area contributed by atoms with Gasteiger partial charge in [-0.1, -0.05) is 6.92 Å². The Bertz CT molecular complexity index is 256. The summed E-state index contributed by atoms with van der Waals surface area (Å²) in [5.41, 5.74) is 0. The first-order valence-corrected chi connectivity index (χ1v) is 6.68.